The third kappa shape index (κ3) is 4.04. The van der Waals surface area contributed by atoms with E-state index in [1.54, 1.807) is 27.6 Å². The van der Waals surface area contributed by atoms with Crippen LogP contribution in [0, 0.1) is 11.8 Å². The van der Waals surface area contributed by atoms with Crippen LogP contribution in [-0.2, 0) is 19.1 Å². The molecule has 1 spiro atoms. The van der Waals surface area contributed by atoms with E-state index in [0.717, 1.165) is 12.8 Å². The molecule has 3 aliphatic rings. The van der Waals surface area contributed by atoms with Gasteiger partial charge in [-0.3, -0.25) is 14.4 Å². The Morgan fingerprint density at radius 2 is 2.10 bits per heavy atom. The van der Waals surface area contributed by atoms with Crippen LogP contribution in [0.5, 0.6) is 0 Å². The third-order valence-corrected chi connectivity index (χ3v) is 8.64. The number of carbonyl (C=O) groups is 3. The lowest BCUT2D eigenvalue weighted by molar-refractivity contribution is -0.153. The molecule has 31 heavy (non-hydrogen) atoms. The Labute approximate surface area is 188 Å². The summed E-state index contributed by atoms with van der Waals surface area (Å²) in [5, 5.41) is 9.20. The lowest BCUT2D eigenvalue weighted by Gasteiger charge is -2.38. The minimum atomic E-state index is -0.613. The third-order valence-electron chi connectivity index (χ3n) is 6.69. The van der Waals surface area contributed by atoms with E-state index < -0.39 is 22.6 Å². The highest BCUT2D eigenvalue weighted by Crippen LogP contribution is 2.66. The predicted molar refractivity (Wildman–Crippen MR) is 120 cm³/mol. The first kappa shape index (κ1) is 23.9. The van der Waals surface area contributed by atoms with Gasteiger partial charge in [0.05, 0.1) is 16.6 Å². The van der Waals surface area contributed by atoms with Crippen LogP contribution in [0.3, 0.4) is 0 Å². The number of fused-ring (bicyclic) bond motifs is 1. The van der Waals surface area contributed by atoms with E-state index >= 15 is 0 Å². The molecule has 2 amide bonds. The van der Waals surface area contributed by atoms with Crippen molar-refractivity contribution in [2.45, 2.75) is 61.6 Å². The number of carbonyl (C=O) groups excluding carboxylic acids is 3. The van der Waals surface area contributed by atoms with Crippen molar-refractivity contribution in [2.75, 3.05) is 26.3 Å². The van der Waals surface area contributed by atoms with Crippen LogP contribution in [0.1, 0.15) is 39.5 Å². The molecule has 0 aromatic rings. The Hall–Kier alpha value is -1.80. The number of thioether (sulfide) groups is 1. The quantitative estimate of drug-likeness (QED) is 0.294. The Bertz CT molecular complexity index is 741. The van der Waals surface area contributed by atoms with Gasteiger partial charge in [0.2, 0.25) is 11.8 Å². The van der Waals surface area contributed by atoms with Crippen LogP contribution in [-0.4, -0.2) is 81.1 Å². The van der Waals surface area contributed by atoms with Crippen LogP contribution in [0.25, 0.3) is 0 Å². The summed E-state index contributed by atoms with van der Waals surface area (Å²) in [6.07, 6.45) is 5.92. The van der Waals surface area contributed by atoms with Crippen molar-refractivity contribution in [1.29, 1.82) is 0 Å². The first-order chi connectivity index (χ1) is 14.8. The number of aliphatic hydroxyl groups excluding tert-OH is 1. The molecule has 8 heteroatoms. The van der Waals surface area contributed by atoms with Gasteiger partial charge in [-0.1, -0.05) is 18.7 Å². The van der Waals surface area contributed by atoms with Gasteiger partial charge in [-0.25, -0.2) is 0 Å². The van der Waals surface area contributed by atoms with E-state index in [4.69, 9.17) is 4.74 Å². The molecule has 2 unspecified atom stereocenters. The summed E-state index contributed by atoms with van der Waals surface area (Å²) in [5.41, 5.74) is 0. The first-order valence-corrected chi connectivity index (χ1v) is 12.0. The number of esters is 1. The summed E-state index contributed by atoms with van der Waals surface area (Å²) in [6.45, 7) is 12.3. The summed E-state index contributed by atoms with van der Waals surface area (Å²) >= 11 is 1.64. The number of unbranched alkanes of at least 4 members (excludes halogenated alkanes) is 1. The average molecular weight is 451 g/mol. The summed E-state index contributed by atoms with van der Waals surface area (Å²) in [6, 6.07) is -0.648. The van der Waals surface area contributed by atoms with E-state index in [2.05, 4.69) is 13.2 Å². The maximum atomic E-state index is 13.8. The molecule has 0 radical (unpaired) electrons. The van der Waals surface area contributed by atoms with Crippen molar-refractivity contribution < 1.29 is 24.2 Å². The SMILES string of the molecule is C=CCOC(=O)[C@@H]1[C@H]2C(=O)N(CCCCO)C(C(=O)N(CC=C)C(C)C)C23CC[C@H]1S3. The molecule has 0 aromatic heterocycles. The zero-order chi connectivity index (χ0) is 22.8. The van der Waals surface area contributed by atoms with E-state index in [9.17, 15) is 19.5 Å². The smallest absolute Gasteiger partial charge is 0.311 e. The van der Waals surface area contributed by atoms with Crippen molar-refractivity contribution in [3.05, 3.63) is 25.3 Å². The molecular weight excluding hydrogens is 416 g/mol. The number of amides is 2. The Balaban J connectivity index is 1.98. The number of hydrogen-bond donors (Lipinski definition) is 1. The molecule has 3 saturated heterocycles. The highest BCUT2D eigenvalue weighted by atomic mass is 32.2. The molecule has 3 aliphatic heterocycles. The molecule has 172 valence electrons. The van der Waals surface area contributed by atoms with Gasteiger partial charge >= 0.3 is 5.97 Å². The molecular formula is C23H34N2O5S. The molecule has 3 rings (SSSR count). The molecule has 2 bridgehead atoms. The zero-order valence-corrected chi connectivity index (χ0v) is 19.3. The largest absolute Gasteiger partial charge is 0.461 e. The van der Waals surface area contributed by atoms with Crippen molar-refractivity contribution in [3.8, 4) is 0 Å². The normalized spacial score (nSPS) is 31.1. The predicted octanol–water partition coefficient (Wildman–Crippen LogP) is 2.00. The number of nitrogens with zero attached hydrogens (tertiary/aromatic N) is 2. The molecule has 7 nitrogen and oxygen atoms in total. The Morgan fingerprint density at radius 1 is 1.35 bits per heavy atom. The van der Waals surface area contributed by atoms with E-state index in [-0.39, 0.29) is 42.3 Å². The molecule has 5 atom stereocenters. The van der Waals surface area contributed by atoms with E-state index in [0.29, 0.717) is 25.9 Å². The first-order valence-electron chi connectivity index (χ1n) is 11.1. The van der Waals surface area contributed by atoms with Crippen LogP contribution in [0.2, 0.25) is 0 Å². The van der Waals surface area contributed by atoms with Crippen LogP contribution in [0.4, 0.5) is 0 Å². The standard InChI is InChI=1S/C23H34N2O5S/c1-5-11-24(15(3)4)21(28)19-23-10-9-16(31-23)17(22(29)30-14-6-2)18(23)20(27)25(19)12-7-8-13-26/h5-6,15-19,26H,1-2,7-14H2,3-4H3/t16-,17+,18+,19?,23?/m1/s1. The van der Waals surface area contributed by atoms with Gasteiger partial charge in [-0.2, -0.15) is 0 Å². The van der Waals surface area contributed by atoms with Gasteiger partial charge in [0.15, 0.2) is 0 Å². The van der Waals surface area contributed by atoms with Crippen molar-refractivity contribution in [1.82, 2.24) is 9.80 Å². The number of ether oxygens (including phenoxy) is 1. The maximum Gasteiger partial charge on any atom is 0.311 e. The molecule has 3 heterocycles. The maximum absolute atomic E-state index is 13.8. The number of aliphatic hydroxyl groups is 1. The fraction of sp³-hybridized carbons (Fsp3) is 0.696. The second kappa shape index (κ2) is 9.77. The molecule has 1 N–H and O–H groups in total. The summed E-state index contributed by atoms with van der Waals surface area (Å²) in [4.78, 5) is 43.8. The highest BCUT2D eigenvalue weighted by molar-refractivity contribution is 8.02. The Morgan fingerprint density at radius 3 is 2.71 bits per heavy atom. The van der Waals surface area contributed by atoms with Gasteiger partial charge in [0, 0.05) is 31.0 Å². The average Bonchev–Trinajstić information content (AvgIpc) is 3.37. The zero-order valence-electron chi connectivity index (χ0n) is 18.5. The van der Waals surface area contributed by atoms with E-state index in [1.165, 1.54) is 6.08 Å². The fourth-order valence-electron chi connectivity index (χ4n) is 5.42. The second-order valence-electron chi connectivity index (χ2n) is 8.81. The lowest BCUT2D eigenvalue weighted by atomic mass is 9.71. The van der Waals surface area contributed by atoms with Gasteiger partial charge in [-0.15, -0.1) is 18.3 Å². The van der Waals surface area contributed by atoms with Gasteiger partial charge < -0.3 is 19.6 Å². The van der Waals surface area contributed by atoms with Crippen molar-refractivity contribution in [3.63, 3.8) is 0 Å². The topological polar surface area (TPSA) is 87.1 Å². The molecule has 0 saturated carbocycles. The molecule has 3 fully saturated rings. The van der Waals surface area contributed by atoms with E-state index in [1.807, 2.05) is 13.8 Å². The van der Waals surface area contributed by atoms with Gasteiger partial charge in [-0.05, 0) is 39.5 Å². The van der Waals surface area contributed by atoms with Crippen molar-refractivity contribution >= 4 is 29.5 Å². The summed E-state index contributed by atoms with van der Waals surface area (Å²) < 4.78 is 4.75. The molecule has 0 aliphatic carbocycles. The lowest BCUT2D eigenvalue weighted by Crippen LogP contribution is -2.56. The Kier molecular flexibility index (Phi) is 7.52. The van der Waals surface area contributed by atoms with Crippen LogP contribution in [0.15, 0.2) is 25.3 Å². The van der Waals surface area contributed by atoms with Crippen LogP contribution < -0.4 is 0 Å². The minimum Gasteiger partial charge on any atom is -0.461 e. The second-order valence-corrected chi connectivity index (χ2v) is 10.4. The minimum absolute atomic E-state index is 0.00642. The number of likely N-dealkylation sites (tertiary alicyclic amines) is 1. The number of rotatable bonds is 11. The number of hydrogen-bond acceptors (Lipinski definition) is 6. The summed E-state index contributed by atoms with van der Waals surface area (Å²) in [7, 11) is 0. The van der Waals surface area contributed by atoms with Gasteiger partial charge in [0.1, 0.15) is 12.6 Å². The fourth-order valence-corrected chi connectivity index (χ4v) is 7.62. The summed E-state index contributed by atoms with van der Waals surface area (Å²) in [5.74, 6) is -1.66. The highest BCUT2D eigenvalue weighted by Gasteiger charge is 2.74. The molecule has 0 aromatic carbocycles. The van der Waals surface area contributed by atoms with Crippen LogP contribution >= 0.6 is 11.8 Å². The monoisotopic (exact) mass is 450 g/mol. The van der Waals surface area contributed by atoms with Gasteiger partial charge in [0.25, 0.3) is 0 Å². The van der Waals surface area contributed by atoms with Crippen molar-refractivity contribution in [2.24, 2.45) is 11.8 Å².